The smallest absolute Gasteiger partial charge is 0.113 e. The van der Waals surface area contributed by atoms with Crippen molar-refractivity contribution in [2.24, 2.45) is 0 Å². The average molecular weight is 128 g/mol. The number of hydrogen-bond donors (Lipinski definition) is 1. The van der Waals surface area contributed by atoms with Crippen LogP contribution in [0.1, 0.15) is 13.8 Å². The topological polar surface area (TPSA) is 32.8 Å². The summed E-state index contributed by atoms with van der Waals surface area (Å²) >= 11 is 0. The molecule has 1 saturated heterocycles. The molecule has 1 rings (SSSR count). The maximum absolute atomic E-state index is 9.15. The number of aliphatic hydroxyl groups is 1. The Hall–Kier alpha value is -0.340. The lowest BCUT2D eigenvalue weighted by Gasteiger charge is -1.96. The van der Waals surface area contributed by atoms with E-state index in [1.165, 1.54) is 0 Å². The Labute approximate surface area is 55.1 Å². The fourth-order valence-corrected chi connectivity index (χ4v) is 0.867. The Morgan fingerprint density at radius 3 is 2.56 bits per heavy atom. The molecule has 1 N–H and O–H groups in total. The number of hydrogen-bond acceptors (Lipinski definition) is 2. The van der Waals surface area contributed by atoms with Gasteiger partial charge >= 0.3 is 0 Å². The van der Waals surface area contributed by atoms with E-state index >= 15 is 0 Å². The summed E-state index contributed by atoms with van der Waals surface area (Å²) in [5.74, 6) is 0. The number of aliphatic hydroxyl groups excluding tert-OH is 1. The second-order valence-electron chi connectivity index (χ2n) is 2.32. The van der Waals surface area contributed by atoms with Crippen LogP contribution in [0.2, 0.25) is 0 Å². The molecule has 52 valence electrons. The van der Waals surface area contributed by atoms with Crippen LogP contribution >= 0.6 is 0 Å². The maximum atomic E-state index is 9.15. The largest absolute Gasteiger partial charge is 0.386 e. The van der Waals surface area contributed by atoms with Gasteiger partial charge in [0.15, 0.2) is 0 Å². The first-order chi connectivity index (χ1) is 4.25. The Kier molecular flexibility index (Phi) is 1.88. The van der Waals surface area contributed by atoms with Gasteiger partial charge in [-0.25, -0.2) is 0 Å². The van der Waals surface area contributed by atoms with Crippen molar-refractivity contribution in [3.05, 3.63) is 12.2 Å². The summed E-state index contributed by atoms with van der Waals surface area (Å²) in [6.07, 6.45) is 3.48. The van der Waals surface area contributed by atoms with Crippen LogP contribution in [0.25, 0.3) is 0 Å². The molecule has 0 aromatic heterocycles. The minimum Gasteiger partial charge on any atom is -0.386 e. The molecule has 0 spiro atoms. The third-order valence-electron chi connectivity index (χ3n) is 1.48. The third-order valence-corrected chi connectivity index (χ3v) is 1.48. The van der Waals surface area contributed by atoms with Crippen LogP contribution in [0.4, 0.5) is 0 Å². The summed E-state index contributed by atoms with van der Waals surface area (Å²) in [6, 6.07) is 0. The van der Waals surface area contributed by atoms with E-state index in [1.807, 2.05) is 19.9 Å². The molecule has 0 aliphatic carbocycles. The summed E-state index contributed by atoms with van der Waals surface area (Å²) in [6.45, 7) is 3.84. The van der Waals surface area contributed by atoms with E-state index in [0.29, 0.717) is 0 Å². The quantitative estimate of drug-likeness (QED) is 0.439. The molecule has 0 bridgehead atoms. The van der Waals surface area contributed by atoms with Crippen LogP contribution in [0.5, 0.6) is 0 Å². The second kappa shape index (κ2) is 2.50. The van der Waals surface area contributed by atoms with Gasteiger partial charge in [-0.05, 0) is 13.8 Å². The van der Waals surface area contributed by atoms with E-state index in [9.17, 15) is 0 Å². The van der Waals surface area contributed by atoms with Crippen molar-refractivity contribution in [3.8, 4) is 0 Å². The van der Waals surface area contributed by atoms with E-state index in [2.05, 4.69) is 0 Å². The van der Waals surface area contributed by atoms with E-state index in [1.54, 1.807) is 6.08 Å². The van der Waals surface area contributed by atoms with Gasteiger partial charge in [-0.3, -0.25) is 0 Å². The zero-order valence-corrected chi connectivity index (χ0v) is 5.74. The summed E-state index contributed by atoms with van der Waals surface area (Å²) < 4.78 is 5.03. The lowest BCUT2D eigenvalue weighted by Crippen LogP contribution is -2.12. The molecule has 1 aliphatic rings. The molecule has 9 heavy (non-hydrogen) atoms. The number of ether oxygens (including phenoxy) is 1. The van der Waals surface area contributed by atoms with Crippen molar-refractivity contribution in [3.63, 3.8) is 0 Å². The highest BCUT2D eigenvalue weighted by Gasteiger charge is 2.39. The highest BCUT2D eigenvalue weighted by Crippen LogP contribution is 2.24. The number of rotatable bonds is 2. The fourth-order valence-electron chi connectivity index (χ4n) is 0.867. The van der Waals surface area contributed by atoms with Gasteiger partial charge in [0, 0.05) is 0 Å². The van der Waals surface area contributed by atoms with E-state index in [-0.39, 0.29) is 12.2 Å². The molecule has 0 aromatic rings. The molecule has 3 unspecified atom stereocenters. The highest BCUT2D eigenvalue weighted by molar-refractivity contribution is 4.98. The van der Waals surface area contributed by atoms with Crippen LogP contribution in [0.15, 0.2) is 12.2 Å². The maximum Gasteiger partial charge on any atom is 0.113 e. The molecule has 3 atom stereocenters. The van der Waals surface area contributed by atoms with E-state index in [4.69, 9.17) is 9.84 Å². The molecule has 0 aromatic carbocycles. The van der Waals surface area contributed by atoms with Crippen molar-refractivity contribution in [2.45, 2.75) is 32.2 Å². The Bertz CT molecular complexity index is 120. The van der Waals surface area contributed by atoms with Gasteiger partial charge in [0.05, 0.1) is 6.10 Å². The lowest BCUT2D eigenvalue weighted by molar-refractivity contribution is 0.177. The first-order valence-corrected chi connectivity index (χ1v) is 3.22. The summed E-state index contributed by atoms with van der Waals surface area (Å²) in [7, 11) is 0. The summed E-state index contributed by atoms with van der Waals surface area (Å²) in [5.41, 5.74) is 0. The van der Waals surface area contributed by atoms with Crippen LogP contribution in [0, 0.1) is 0 Å². The van der Waals surface area contributed by atoms with Gasteiger partial charge in [0.25, 0.3) is 0 Å². The van der Waals surface area contributed by atoms with Crippen LogP contribution in [-0.2, 0) is 4.74 Å². The van der Waals surface area contributed by atoms with Gasteiger partial charge in [-0.1, -0.05) is 12.2 Å². The molecule has 1 fully saturated rings. The molecule has 1 aliphatic heterocycles. The summed E-state index contributed by atoms with van der Waals surface area (Å²) in [4.78, 5) is 0. The first kappa shape index (κ1) is 6.78. The Morgan fingerprint density at radius 2 is 2.22 bits per heavy atom. The first-order valence-electron chi connectivity index (χ1n) is 3.22. The van der Waals surface area contributed by atoms with Crippen LogP contribution in [0.3, 0.4) is 0 Å². The van der Waals surface area contributed by atoms with Crippen molar-refractivity contribution in [2.75, 3.05) is 0 Å². The van der Waals surface area contributed by atoms with Crippen molar-refractivity contribution in [1.82, 2.24) is 0 Å². The number of allylic oxidation sites excluding steroid dienone is 1. The minimum absolute atomic E-state index is 0.0567. The summed E-state index contributed by atoms with van der Waals surface area (Å²) in [5, 5.41) is 9.15. The SMILES string of the molecule is C/C=C/C(O)C1OC1C. The Morgan fingerprint density at radius 1 is 1.67 bits per heavy atom. The molecule has 0 amide bonds. The molecule has 0 saturated carbocycles. The standard InChI is InChI=1S/C7H12O2/c1-3-4-6(8)7-5(2)9-7/h3-8H,1-2H3/b4-3+. The molecule has 0 radical (unpaired) electrons. The fraction of sp³-hybridized carbons (Fsp3) is 0.714. The lowest BCUT2D eigenvalue weighted by atomic mass is 10.2. The van der Waals surface area contributed by atoms with Gasteiger partial charge in [0.2, 0.25) is 0 Å². The predicted octanol–water partition coefficient (Wildman–Crippen LogP) is 0.711. The minimum atomic E-state index is -0.398. The van der Waals surface area contributed by atoms with Gasteiger partial charge < -0.3 is 9.84 Å². The van der Waals surface area contributed by atoms with Gasteiger partial charge in [-0.2, -0.15) is 0 Å². The molecule has 1 heterocycles. The van der Waals surface area contributed by atoms with Crippen molar-refractivity contribution >= 4 is 0 Å². The average Bonchev–Trinajstić information content (AvgIpc) is 2.47. The van der Waals surface area contributed by atoms with E-state index in [0.717, 1.165) is 0 Å². The zero-order valence-electron chi connectivity index (χ0n) is 5.74. The second-order valence-corrected chi connectivity index (χ2v) is 2.32. The molecule has 2 heteroatoms. The van der Waals surface area contributed by atoms with Gasteiger partial charge in [-0.15, -0.1) is 0 Å². The predicted molar refractivity (Wildman–Crippen MR) is 35.2 cm³/mol. The third kappa shape index (κ3) is 1.53. The zero-order chi connectivity index (χ0) is 6.85. The number of epoxide rings is 1. The Balaban J connectivity index is 2.27. The molecular weight excluding hydrogens is 116 g/mol. The van der Waals surface area contributed by atoms with Crippen LogP contribution < -0.4 is 0 Å². The van der Waals surface area contributed by atoms with E-state index < -0.39 is 6.10 Å². The molecular formula is C7H12O2. The molecule has 2 nitrogen and oxygen atoms in total. The van der Waals surface area contributed by atoms with Gasteiger partial charge in [0.1, 0.15) is 12.2 Å². The van der Waals surface area contributed by atoms with Crippen molar-refractivity contribution in [1.29, 1.82) is 0 Å². The monoisotopic (exact) mass is 128 g/mol. The van der Waals surface area contributed by atoms with Crippen molar-refractivity contribution < 1.29 is 9.84 Å². The van der Waals surface area contributed by atoms with Crippen LogP contribution in [-0.4, -0.2) is 23.4 Å². The normalized spacial score (nSPS) is 37.2. The highest BCUT2D eigenvalue weighted by atomic mass is 16.6.